The molecule has 4 rings (SSSR count). The Bertz CT molecular complexity index is 767. The first-order chi connectivity index (χ1) is 13.1. The van der Waals surface area contributed by atoms with Crippen LogP contribution < -0.4 is 0 Å². The molecule has 0 radical (unpaired) electrons. The Kier molecular flexibility index (Phi) is 4.46. The predicted molar refractivity (Wildman–Crippen MR) is 108 cm³/mol. The Hall–Kier alpha value is -1.42. The van der Waals surface area contributed by atoms with Gasteiger partial charge in [-0.05, 0) is 78.3 Å². The van der Waals surface area contributed by atoms with Gasteiger partial charge in [-0.2, -0.15) is 0 Å². The van der Waals surface area contributed by atoms with Crippen LogP contribution >= 0.6 is 0 Å². The number of ketones is 1. The Labute approximate surface area is 168 Å². The van der Waals surface area contributed by atoms with E-state index in [1.165, 1.54) is 5.57 Å². The predicted octanol–water partition coefficient (Wildman–Crippen LogP) is 4.53. The number of hydrogen-bond acceptors (Lipinski definition) is 3. The second kappa shape index (κ2) is 6.29. The maximum Gasteiger partial charge on any atom is 0.306 e. The van der Waals surface area contributed by atoms with E-state index in [0.29, 0.717) is 36.5 Å². The molecular weight excluding hydrogens is 352 g/mol. The minimum absolute atomic E-state index is 0.0303. The topological polar surface area (TPSA) is 74.6 Å². The number of hydrogen-bond donors (Lipinski definition) is 2. The van der Waals surface area contributed by atoms with E-state index in [9.17, 15) is 19.8 Å². The Morgan fingerprint density at radius 1 is 1.21 bits per heavy atom. The highest BCUT2D eigenvalue weighted by Crippen LogP contribution is 2.69. The van der Waals surface area contributed by atoms with Crippen molar-refractivity contribution in [2.24, 2.45) is 34.5 Å². The number of carboxylic acids is 1. The zero-order chi connectivity index (χ0) is 20.5. The first-order valence-electron chi connectivity index (χ1n) is 10.9. The molecule has 3 fully saturated rings. The van der Waals surface area contributed by atoms with Crippen LogP contribution in [0.2, 0.25) is 0 Å². The number of aliphatic hydroxyl groups is 1. The number of carbonyl (C=O) groups excluding carboxylic acids is 1. The maximum atomic E-state index is 12.4. The van der Waals surface area contributed by atoms with Gasteiger partial charge in [0.2, 0.25) is 0 Å². The number of allylic oxidation sites excluding steroid dienone is 2. The standard InChI is InChI=1S/C24H34O4/c1-5-15-11-16(25)12-20-14(2)10-17-18-7-9-24(28,13-21(26)27)22(18,3)8-6-19(17)23(15,20)4/h12,15,17-19,28H,2,5-11,13H2,1,3-4H3,(H,26,27)/t15?,17-,18-,19+,22-,23+,24?/m0/s1. The fourth-order valence-corrected chi connectivity index (χ4v) is 7.97. The van der Waals surface area contributed by atoms with Gasteiger partial charge in [-0.15, -0.1) is 0 Å². The fraction of sp³-hybridized carbons (Fsp3) is 0.750. The molecule has 0 aromatic heterocycles. The fourth-order valence-electron chi connectivity index (χ4n) is 7.97. The molecule has 0 aromatic rings. The average molecular weight is 387 g/mol. The van der Waals surface area contributed by atoms with E-state index in [1.807, 2.05) is 6.08 Å². The molecule has 4 aliphatic rings. The zero-order valence-corrected chi connectivity index (χ0v) is 17.5. The SMILES string of the molecule is C=C1C[C@@H]2[C@@H](CC[C@@]3(C)[C@H]2CCC3(O)CC(=O)O)[C@]2(C)C1=CC(=O)CC2CC. The molecule has 0 bridgehead atoms. The van der Waals surface area contributed by atoms with Gasteiger partial charge >= 0.3 is 5.97 Å². The van der Waals surface area contributed by atoms with Crippen molar-refractivity contribution in [3.63, 3.8) is 0 Å². The lowest BCUT2D eigenvalue weighted by Gasteiger charge is -2.61. The van der Waals surface area contributed by atoms with Gasteiger partial charge in [0.25, 0.3) is 0 Å². The molecule has 3 saturated carbocycles. The molecule has 0 saturated heterocycles. The van der Waals surface area contributed by atoms with Crippen molar-refractivity contribution in [3.8, 4) is 0 Å². The molecule has 28 heavy (non-hydrogen) atoms. The van der Waals surface area contributed by atoms with Gasteiger partial charge < -0.3 is 10.2 Å². The third-order valence-corrected chi connectivity index (χ3v) is 9.51. The highest BCUT2D eigenvalue weighted by atomic mass is 16.4. The van der Waals surface area contributed by atoms with Crippen molar-refractivity contribution in [2.75, 3.05) is 0 Å². The van der Waals surface area contributed by atoms with E-state index in [-0.39, 0.29) is 23.0 Å². The van der Waals surface area contributed by atoms with Gasteiger partial charge in [-0.3, -0.25) is 9.59 Å². The van der Waals surface area contributed by atoms with Gasteiger partial charge in [0.1, 0.15) is 0 Å². The van der Waals surface area contributed by atoms with Crippen LogP contribution in [0.3, 0.4) is 0 Å². The summed E-state index contributed by atoms with van der Waals surface area (Å²) in [4.78, 5) is 23.8. The van der Waals surface area contributed by atoms with Crippen LogP contribution in [0.25, 0.3) is 0 Å². The van der Waals surface area contributed by atoms with Crippen molar-refractivity contribution in [1.82, 2.24) is 0 Å². The maximum absolute atomic E-state index is 12.4. The lowest BCUT2D eigenvalue weighted by Crippen LogP contribution is -2.57. The summed E-state index contributed by atoms with van der Waals surface area (Å²) in [6.07, 6.45) is 7.51. The van der Waals surface area contributed by atoms with Crippen LogP contribution in [-0.2, 0) is 9.59 Å². The largest absolute Gasteiger partial charge is 0.481 e. The molecule has 154 valence electrons. The van der Waals surface area contributed by atoms with Crippen LogP contribution in [0.4, 0.5) is 0 Å². The van der Waals surface area contributed by atoms with E-state index in [4.69, 9.17) is 0 Å². The van der Waals surface area contributed by atoms with Crippen LogP contribution in [-0.4, -0.2) is 27.6 Å². The van der Waals surface area contributed by atoms with Gasteiger partial charge in [0.15, 0.2) is 5.78 Å². The summed E-state index contributed by atoms with van der Waals surface area (Å²) in [6, 6.07) is 0. The van der Waals surface area contributed by atoms with Crippen LogP contribution in [0, 0.1) is 34.5 Å². The van der Waals surface area contributed by atoms with Gasteiger partial charge in [-0.1, -0.05) is 39.3 Å². The van der Waals surface area contributed by atoms with E-state index in [1.54, 1.807) is 0 Å². The summed E-state index contributed by atoms with van der Waals surface area (Å²) in [5, 5.41) is 20.7. The van der Waals surface area contributed by atoms with E-state index < -0.39 is 11.6 Å². The molecule has 0 aromatic carbocycles. The number of aliphatic carboxylic acids is 1. The van der Waals surface area contributed by atoms with Gasteiger partial charge in [-0.25, -0.2) is 0 Å². The van der Waals surface area contributed by atoms with Crippen LogP contribution in [0.15, 0.2) is 23.8 Å². The quantitative estimate of drug-likeness (QED) is 0.747. The second-order valence-electron chi connectivity index (χ2n) is 10.4. The summed E-state index contributed by atoms with van der Waals surface area (Å²) in [6.45, 7) is 11.0. The minimum Gasteiger partial charge on any atom is -0.481 e. The highest BCUT2D eigenvalue weighted by Gasteiger charge is 2.65. The molecule has 0 amide bonds. The lowest BCUT2D eigenvalue weighted by molar-refractivity contribution is -0.159. The van der Waals surface area contributed by atoms with Crippen molar-refractivity contribution < 1.29 is 19.8 Å². The molecule has 2 unspecified atom stereocenters. The molecule has 4 aliphatic carbocycles. The summed E-state index contributed by atoms with van der Waals surface area (Å²) in [5.41, 5.74) is 0.778. The summed E-state index contributed by atoms with van der Waals surface area (Å²) in [7, 11) is 0. The molecule has 4 nitrogen and oxygen atoms in total. The van der Waals surface area contributed by atoms with Crippen LogP contribution in [0.1, 0.15) is 72.1 Å². The second-order valence-corrected chi connectivity index (χ2v) is 10.4. The molecule has 0 heterocycles. The van der Waals surface area contributed by atoms with E-state index in [0.717, 1.165) is 37.7 Å². The normalized spacial score (nSPS) is 47.8. The number of rotatable bonds is 3. The molecule has 4 heteroatoms. The summed E-state index contributed by atoms with van der Waals surface area (Å²) in [5.74, 6) is 0.880. The Morgan fingerprint density at radius 3 is 2.54 bits per heavy atom. The smallest absolute Gasteiger partial charge is 0.306 e. The minimum atomic E-state index is -1.11. The molecule has 0 spiro atoms. The molecule has 7 atom stereocenters. The monoisotopic (exact) mass is 386 g/mol. The van der Waals surface area contributed by atoms with E-state index >= 15 is 0 Å². The molecule has 2 N–H and O–H groups in total. The van der Waals surface area contributed by atoms with Crippen molar-refractivity contribution in [1.29, 1.82) is 0 Å². The molecule has 0 aliphatic heterocycles. The summed E-state index contributed by atoms with van der Waals surface area (Å²) < 4.78 is 0. The van der Waals surface area contributed by atoms with Crippen LogP contribution in [0.5, 0.6) is 0 Å². The third-order valence-electron chi connectivity index (χ3n) is 9.51. The van der Waals surface area contributed by atoms with Crippen molar-refractivity contribution in [2.45, 2.75) is 77.7 Å². The average Bonchev–Trinajstić information content (AvgIpc) is 2.86. The van der Waals surface area contributed by atoms with E-state index in [2.05, 4.69) is 27.4 Å². The number of carboxylic acid groups (broad SMARTS) is 1. The Morgan fingerprint density at radius 2 is 1.89 bits per heavy atom. The molecular formula is C24H34O4. The highest BCUT2D eigenvalue weighted by molar-refractivity contribution is 5.93. The third kappa shape index (κ3) is 2.46. The first kappa shape index (κ1) is 19.9. The van der Waals surface area contributed by atoms with Crippen molar-refractivity contribution in [3.05, 3.63) is 23.8 Å². The van der Waals surface area contributed by atoms with Crippen molar-refractivity contribution >= 4 is 11.8 Å². The number of fused-ring (bicyclic) bond motifs is 5. The lowest BCUT2D eigenvalue weighted by atomic mass is 9.43. The van der Waals surface area contributed by atoms with Gasteiger partial charge in [0.05, 0.1) is 12.0 Å². The number of carbonyl (C=O) groups is 2. The zero-order valence-electron chi connectivity index (χ0n) is 17.5. The Balaban J connectivity index is 1.74. The summed E-state index contributed by atoms with van der Waals surface area (Å²) >= 11 is 0. The first-order valence-corrected chi connectivity index (χ1v) is 10.9. The van der Waals surface area contributed by atoms with Gasteiger partial charge in [0, 0.05) is 6.42 Å².